The maximum atomic E-state index is 6.53. The van der Waals surface area contributed by atoms with Crippen molar-refractivity contribution in [3.8, 4) is 33.4 Å². The van der Waals surface area contributed by atoms with Gasteiger partial charge in [0.05, 0.1) is 11.1 Å². The first-order chi connectivity index (χ1) is 30.7. The second kappa shape index (κ2) is 14.1. The highest BCUT2D eigenvalue weighted by atomic mass is 16.3. The third kappa shape index (κ3) is 5.04. The van der Waals surface area contributed by atoms with Crippen LogP contribution in [0.4, 0.5) is 17.1 Å². The summed E-state index contributed by atoms with van der Waals surface area (Å²) >= 11 is 0. The van der Waals surface area contributed by atoms with Crippen LogP contribution in [-0.2, 0) is 10.8 Å². The zero-order valence-electron chi connectivity index (χ0n) is 35.0. The molecule has 0 radical (unpaired) electrons. The van der Waals surface area contributed by atoms with Crippen molar-refractivity contribution in [3.63, 3.8) is 0 Å². The Morgan fingerprint density at radius 2 is 0.984 bits per heavy atom. The van der Waals surface area contributed by atoms with Crippen molar-refractivity contribution in [3.05, 3.63) is 246 Å². The summed E-state index contributed by atoms with van der Waals surface area (Å²) in [4.78, 5) is 2.52. The maximum Gasteiger partial charge on any atom is 0.143 e. The molecule has 0 saturated heterocycles. The van der Waals surface area contributed by atoms with Gasteiger partial charge in [0.2, 0.25) is 0 Å². The Kier molecular flexibility index (Phi) is 8.27. The molecule has 0 amide bonds. The van der Waals surface area contributed by atoms with Gasteiger partial charge < -0.3 is 9.32 Å². The molecule has 2 heteroatoms. The Morgan fingerprint density at radius 1 is 0.419 bits per heavy atom. The molecule has 2 aliphatic rings. The number of hydrogen-bond acceptors (Lipinski definition) is 2. The third-order valence-corrected chi connectivity index (χ3v) is 14.3. The molecular formula is C60H45NO. The lowest BCUT2D eigenvalue weighted by Gasteiger charge is -2.35. The van der Waals surface area contributed by atoms with Crippen molar-refractivity contribution in [2.24, 2.45) is 0 Å². The Hall–Kier alpha value is -7.42. The molecule has 2 nitrogen and oxygen atoms in total. The Labute approximate surface area is 363 Å². The highest BCUT2D eigenvalue weighted by Crippen LogP contribution is 2.60. The number of hydrogen-bond donors (Lipinski definition) is 0. The molecule has 0 atom stereocenters. The van der Waals surface area contributed by atoms with E-state index >= 15 is 0 Å². The van der Waals surface area contributed by atoms with Gasteiger partial charge in [-0.3, -0.25) is 0 Å². The molecule has 62 heavy (non-hydrogen) atoms. The molecule has 9 aromatic carbocycles. The standard InChI is InChI=1S/C60H45NO/c1-3-59(4-2)51-28-14-11-23-46(51)47-38-37-44(39-54(47)59)61(43-35-33-40(34-36-43)45-26-17-27-49-48-24-13-16-32-56(48)62-58(45)49)55-31-18-30-53-57(55)50-25-12-15-29-52(50)60(53,41-19-7-5-8-20-41)42-21-9-6-10-22-42/h5-39H,3-4H2,1-2H3. The summed E-state index contributed by atoms with van der Waals surface area (Å²) in [5.41, 5.74) is 20.1. The van der Waals surface area contributed by atoms with Gasteiger partial charge >= 0.3 is 0 Å². The Morgan fingerprint density at radius 3 is 1.73 bits per heavy atom. The Balaban J connectivity index is 1.11. The molecule has 0 fully saturated rings. The predicted octanol–water partition coefficient (Wildman–Crippen LogP) is 16.2. The second-order valence-corrected chi connectivity index (χ2v) is 17.0. The monoisotopic (exact) mass is 795 g/mol. The highest BCUT2D eigenvalue weighted by Gasteiger charge is 2.47. The van der Waals surface area contributed by atoms with E-state index < -0.39 is 5.41 Å². The van der Waals surface area contributed by atoms with Gasteiger partial charge in [0.1, 0.15) is 11.2 Å². The number of nitrogens with zero attached hydrogens (tertiary/aromatic N) is 1. The van der Waals surface area contributed by atoms with Crippen LogP contribution >= 0.6 is 0 Å². The van der Waals surface area contributed by atoms with Crippen LogP contribution in [-0.4, -0.2) is 0 Å². The molecule has 0 saturated carbocycles. The number of furan rings is 1. The molecule has 12 rings (SSSR count). The summed E-state index contributed by atoms with van der Waals surface area (Å²) in [5, 5.41) is 2.28. The minimum atomic E-state index is -0.510. The van der Waals surface area contributed by atoms with Crippen molar-refractivity contribution in [1.29, 1.82) is 0 Å². The number of para-hydroxylation sites is 2. The average molecular weight is 796 g/mol. The summed E-state index contributed by atoms with van der Waals surface area (Å²) in [5.74, 6) is 0. The van der Waals surface area contributed by atoms with Crippen LogP contribution in [0.25, 0.3) is 55.3 Å². The molecule has 1 heterocycles. The topological polar surface area (TPSA) is 16.4 Å². The fraction of sp³-hybridized carbons (Fsp3) is 0.100. The maximum absolute atomic E-state index is 6.53. The molecule has 0 unspecified atom stereocenters. The van der Waals surface area contributed by atoms with Crippen molar-refractivity contribution in [2.45, 2.75) is 37.5 Å². The SMILES string of the molecule is CCC1(CC)c2ccccc2-c2ccc(N(c3ccc(-c4cccc5c4oc4ccccc45)cc3)c3cccc4c3-c3ccccc3C4(c3ccccc3)c3ccccc3)cc21. The van der Waals surface area contributed by atoms with Gasteiger partial charge in [0.25, 0.3) is 0 Å². The second-order valence-electron chi connectivity index (χ2n) is 17.0. The van der Waals surface area contributed by atoms with E-state index in [0.29, 0.717) is 0 Å². The fourth-order valence-electron chi connectivity index (χ4n) is 11.4. The van der Waals surface area contributed by atoms with Crippen LogP contribution in [0.15, 0.2) is 217 Å². The number of benzene rings is 9. The normalized spacial score (nSPS) is 14.0. The molecule has 296 valence electrons. The summed E-state index contributed by atoms with van der Waals surface area (Å²) in [6, 6.07) is 78.5. The van der Waals surface area contributed by atoms with E-state index in [1.165, 1.54) is 55.6 Å². The van der Waals surface area contributed by atoms with Crippen LogP contribution in [0, 0.1) is 0 Å². The van der Waals surface area contributed by atoms with Crippen molar-refractivity contribution >= 4 is 39.0 Å². The summed E-state index contributed by atoms with van der Waals surface area (Å²) in [7, 11) is 0. The Bertz CT molecular complexity index is 3280. The van der Waals surface area contributed by atoms with E-state index in [1.54, 1.807) is 0 Å². The van der Waals surface area contributed by atoms with Crippen LogP contribution in [0.3, 0.4) is 0 Å². The van der Waals surface area contributed by atoms with Crippen LogP contribution in [0.5, 0.6) is 0 Å². The fourth-order valence-corrected chi connectivity index (χ4v) is 11.4. The lowest BCUT2D eigenvalue weighted by molar-refractivity contribution is 0.490. The highest BCUT2D eigenvalue weighted by molar-refractivity contribution is 6.09. The number of rotatable bonds is 8. The van der Waals surface area contributed by atoms with E-state index in [0.717, 1.165) is 63.0 Å². The largest absolute Gasteiger partial charge is 0.455 e. The number of fused-ring (bicyclic) bond motifs is 9. The van der Waals surface area contributed by atoms with E-state index in [9.17, 15) is 0 Å². The molecule has 10 aromatic rings. The van der Waals surface area contributed by atoms with E-state index in [4.69, 9.17) is 4.42 Å². The third-order valence-electron chi connectivity index (χ3n) is 14.3. The minimum absolute atomic E-state index is 0.0657. The molecule has 0 spiro atoms. The molecule has 2 aliphatic carbocycles. The minimum Gasteiger partial charge on any atom is -0.455 e. The van der Waals surface area contributed by atoms with Gasteiger partial charge in [-0.05, 0) is 105 Å². The molecule has 0 N–H and O–H groups in total. The molecular weight excluding hydrogens is 751 g/mol. The summed E-state index contributed by atoms with van der Waals surface area (Å²) in [6.45, 7) is 4.71. The van der Waals surface area contributed by atoms with E-state index in [2.05, 4.69) is 225 Å². The smallest absolute Gasteiger partial charge is 0.143 e. The van der Waals surface area contributed by atoms with E-state index in [-0.39, 0.29) is 5.41 Å². The van der Waals surface area contributed by atoms with Gasteiger partial charge in [-0.1, -0.05) is 190 Å². The number of anilines is 3. The van der Waals surface area contributed by atoms with Crippen molar-refractivity contribution < 1.29 is 4.42 Å². The summed E-state index contributed by atoms with van der Waals surface area (Å²) in [6.07, 6.45) is 2.06. The average Bonchev–Trinajstić information content (AvgIpc) is 3.97. The van der Waals surface area contributed by atoms with Crippen molar-refractivity contribution in [1.82, 2.24) is 0 Å². The molecule has 0 aliphatic heterocycles. The van der Waals surface area contributed by atoms with Gasteiger partial charge in [-0.2, -0.15) is 0 Å². The first-order valence-electron chi connectivity index (χ1n) is 22.1. The quantitative estimate of drug-likeness (QED) is 0.152. The van der Waals surface area contributed by atoms with Crippen LogP contribution in [0.2, 0.25) is 0 Å². The van der Waals surface area contributed by atoms with Crippen LogP contribution < -0.4 is 4.90 Å². The van der Waals surface area contributed by atoms with Gasteiger partial charge in [-0.15, -0.1) is 0 Å². The zero-order valence-corrected chi connectivity index (χ0v) is 35.0. The van der Waals surface area contributed by atoms with Gasteiger partial charge in [0, 0.05) is 38.7 Å². The van der Waals surface area contributed by atoms with E-state index in [1.807, 2.05) is 6.07 Å². The van der Waals surface area contributed by atoms with Gasteiger partial charge in [0.15, 0.2) is 0 Å². The zero-order chi connectivity index (χ0) is 41.4. The lowest BCUT2D eigenvalue weighted by atomic mass is 9.68. The first-order valence-corrected chi connectivity index (χ1v) is 22.1. The first kappa shape index (κ1) is 36.4. The summed E-state index contributed by atoms with van der Waals surface area (Å²) < 4.78 is 6.53. The lowest BCUT2D eigenvalue weighted by Crippen LogP contribution is -2.28. The molecule has 1 aromatic heterocycles. The predicted molar refractivity (Wildman–Crippen MR) is 258 cm³/mol. The van der Waals surface area contributed by atoms with Crippen LogP contribution in [0.1, 0.15) is 60.1 Å². The van der Waals surface area contributed by atoms with Gasteiger partial charge in [-0.25, -0.2) is 0 Å². The van der Waals surface area contributed by atoms with Crippen molar-refractivity contribution in [2.75, 3.05) is 4.90 Å². The molecule has 0 bridgehead atoms.